The Labute approximate surface area is 192 Å². The summed E-state index contributed by atoms with van der Waals surface area (Å²) in [6.07, 6.45) is 0. The van der Waals surface area contributed by atoms with Gasteiger partial charge in [-0.25, -0.2) is 0 Å². The molecule has 2 amide bonds. The predicted molar refractivity (Wildman–Crippen MR) is 85.0 cm³/mol. The van der Waals surface area contributed by atoms with E-state index in [1.54, 1.807) is 38.1 Å². The number of aliphatic carboxylic acids is 1. The second-order valence-corrected chi connectivity index (χ2v) is 8.00. The second kappa shape index (κ2) is 7.97. The average Bonchev–Trinajstić information content (AvgIpc) is 2.80. The van der Waals surface area contributed by atoms with Crippen molar-refractivity contribution in [3.63, 3.8) is 0 Å². The standard InChI is InChI=1S/C16H18N2O5S.K/c1-16(2)12(15(21)22)18-13(20)11(14(18)24-16)17-10(19)8-23-9-6-4-3-5-7-9;/h3-7,11-12,14H,8H2,1-2H3,(H,17,19)(H,21,22);/q;+1/p-1/t11-,12?,14-;/m1./s1. The summed E-state index contributed by atoms with van der Waals surface area (Å²) in [4.78, 5) is 36.8. The van der Waals surface area contributed by atoms with Gasteiger partial charge in [-0.15, -0.1) is 11.8 Å². The van der Waals surface area contributed by atoms with Gasteiger partial charge in [-0.2, -0.15) is 0 Å². The molecule has 1 aromatic rings. The molecule has 0 aliphatic carbocycles. The van der Waals surface area contributed by atoms with Crippen LogP contribution in [0.1, 0.15) is 13.8 Å². The topological polar surface area (TPSA) is 98.8 Å². The van der Waals surface area contributed by atoms with Crippen molar-refractivity contribution in [3.8, 4) is 5.75 Å². The number of amides is 2. The Morgan fingerprint density at radius 2 is 1.96 bits per heavy atom. The SMILES string of the molecule is CC1(C)S[C@@H]2[C@H](NC(=O)COc3ccccc3)C(=O)N2C1C(=O)[O-].[K+]. The molecular formula is C16H17KN2O5S. The van der Waals surface area contributed by atoms with Crippen molar-refractivity contribution in [1.82, 2.24) is 10.2 Å². The first-order chi connectivity index (χ1) is 11.3. The molecule has 0 spiro atoms. The fourth-order valence-electron chi connectivity index (χ4n) is 3.01. The van der Waals surface area contributed by atoms with E-state index in [4.69, 9.17) is 4.74 Å². The average molecular weight is 388 g/mol. The summed E-state index contributed by atoms with van der Waals surface area (Å²) >= 11 is 1.35. The van der Waals surface area contributed by atoms with E-state index in [-0.39, 0.29) is 58.0 Å². The number of hydrogen-bond acceptors (Lipinski definition) is 6. The van der Waals surface area contributed by atoms with E-state index < -0.39 is 40.0 Å². The zero-order valence-corrected chi connectivity index (χ0v) is 18.2. The number of fused-ring (bicyclic) bond motifs is 1. The molecule has 1 N–H and O–H groups in total. The van der Waals surface area contributed by atoms with Crippen LogP contribution in [0.3, 0.4) is 0 Å². The van der Waals surface area contributed by atoms with E-state index in [1.807, 2.05) is 6.07 Å². The molecule has 2 aliphatic rings. The van der Waals surface area contributed by atoms with Crippen LogP contribution in [0.15, 0.2) is 30.3 Å². The minimum absolute atomic E-state index is 0. The molecule has 2 fully saturated rings. The number of nitrogens with zero attached hydrogens (tertiary/aromatic N) is 1. The number of carbonyl (C=O) groups excluding carboxylic acids is 3. The molecule has 2 aliphatic heterocycles. The van der Waals surface area contributed by atoms with Crippen molar-refractivity contribution in [3.05, 3.63) is 30.3 Å². The Hall–Kier alpha value is -0.584. The van der Waals surface area contributed by atoms with Crippen molar-refractivity contribution in [2.75, 3.05) is 6.61 Å². The Morgan fingerprint density at radius 1 is 1.32 bits per heavy atom. The van der Waals surface area contributed by atoms with Gasteiger partial charge in [-0.05, 0) is 26.0 Å². The van der Waals surface area contributed by atoms with Gasteiger partial charge in [0.25, 0.3) is 5.91 Å². The van der Waals surface area contributed by atoms with E-state index in [0.29, 0.717) is 5.75 Å². The van der Waals surface area contributed by atoms with Crippen molar-refractivity contribution < 1.29 is 75.6 Å². The Kier molecular flexibility index (Phi) is 6.61. The zero-order chi connectivity index (χ0) is 17.5. The number of carbonyl (C=O) groups is 3. The molecule has 1 aromatic carbocycles. The summed E-state index contributed by atoms with van der Waals surface area (Å²) in [6.45, 7) is 3.29. The largest absolute Gasteiger partial charge is 1.00 e. The molecule has 7 nitrogen and oxygen atoms in total. The molecule has 0 aromatic heterocycles. The molecule has 25 heavy (non-hydrogen) atoms. The van der Waals surface area contributed by atoms with E-state index in [2.05, 4.69) is 5.32 Å². The van der Waals surface area contributed by atoms with E-state index in [1.165, 1.54) is 16.7 Å². The maximum Gasteiger partial charge on any atom is 1.00 e. The van der Waals surface area contributed by atoms with Crippen LogP contribution in [0.25, 0.3) is 0 Å². The summed E-state index contributed by atoms with van der Waals surface area (Å²) < 4.78 is 4.67. The number of carboxylic acid groups (broad SMARTS) is 1. The van der Waals surface area contributed by atoms with Gasteiger partial charge in [0, 0.05) is 4.75 Å². The predicted octanol–water partition coefficient (Wildman–Crippen LogP) is -3.63. The summed E-state index contributed by atoms with van der Waals surface area (Å²) in [7, 11) is 0. The number of rotatable bonds is 5. The maximum atomic E-state index is 12.2. The molecule has 2 saturated heterocycles. The van der Waals surface area contributed by atoms with Gasteiger partial charge < -0.3 is 24.9 Å². The molecule has 9 heteroatoms. The van der Waals surface area contributed by atoms with Crippen molar-refractivity contribution in [2.24, 2.45) is 0 Å². The third-order valence-electron chi connectivity index (χ3n) is 4.09. The van der Waals surface area contributed by atoms with Gasteiger partial charge >= 0.3 is 51.4 Å². The second-order valence-electron chi connectivity index (χ2n) is 6.23. The Bertz CT molecular complexity index is 684. The van der Waals surface area contributed by atoms with Crippen LogP contribution in [0.2, 0.25) is 0 Å². The number of ether oxygens (including phenoxy) is 1. The van der Waals surface area contributed by atoms with Crippen molar-refractivity contribution in [2.45, 2.75) is 36.1 Å². The summed E-state index contributed by atoms with van der Waals surface area (Å²) in [6, 6.07) is 7.14. The number of carboxylic acids is 1. The fourth-order valence-corrected chi connectivity index (χ4v) is 4.63. The minimum atomic E-state index is -1.28. The first kappa shape index (κ1) is 20.7. The Morgan fingerprint density at radius 3 is 2.56 bits per heavy atom. The minimum Gasteiger partial charge on any atom is -0.548 e. The van der Waals surface area contributed by atoms with Gasteiger partial charge in [0.05, 0.1) is 12.0 Å². The number of hydrogen-bond donors (Lipinski definition) is 1. The number of thioether (sulfide) groups is 1. The summed E-state index contributed by atoms with van der Waals surface area (Å²) in [5.74, 6) is -1.55. The first-order valence-corrected chi connectivity index (χ1v) is 8.37. The first-order valence-electron chi connectivity index (χ1n) is 7.49. The number of nitrogens with one attached hydrogen (secondary N) is 1. The molecule has 1 unspecified atom stereocenters. The third kappa shape index (κ3) is 4.06. The zero-order valence-electron chi connectivity index (χ0n) is 14.2. The van der Waals surface area contributed by atoms with Crippen LogP contribution in [0, 0.1) is 0 Å². The molecular weight excluding hydrogens is 371 g/mol. The van der Waals surface area contributed by atoms with Gasteiger partial charge in [0.15, 0.2) is 6.61 Å². The van der Waals surface area contributed by atoms with Gasteiger partial charge in [-0.3, -0.25) is 9.59 Å². The van der Waals surface area contributed by atoms with Crippen LogP contribution in [-0.2, 0) is 14.4 Å². The van der Waals surface area contributed by atoms with Crippen molar-refractivity contribution in [1.29, 1.82) is 0 Å². The molecule has 0 saturated carbocycles. The van der Waals surface area contributed by atoms with Crippen LogP contribution in [0.5, 0.6) is 5.75 Å². The molecule has 128 valence electrons. The fraction of sp³-hybridized carbons (Fsp3) is 0.438. The quantitative estimate of drug-likeness (QED) is 0.413. The normalized spacial score (nSPS) is 26.1. The smallest absolute Gasteiger partial charge is 0.548 e. The number of β-lactam (4-membered cyclic amide) rings is 1. The maximum absolute atomic E-state index is 12.2. The van der Waals surface area contributed by atoms with Gasteiger partial charge in [-0.1, -0.05) is 18.2 Å². The molecule has 3 rings (SSSR count). The molecule has 0 radical (unpaired) electrons. The molecule has 2 heterocycles. The molecule has 0 bridgehead atoms. The number of para-hydroxylation sites is 1. The van der Waals surface area contributed by atoms with E-state index >= 15 is 0 Å². The Balaban J connectivity index is 0.00000225. The van der Waals surface area contributed by atoms with Crippen LogP contribution < -0.4 is 66.5 Å². The molecule has 3 atom stereocenters. The van der Waals surface area contributed by atoms with E-state index in [9.17, 15) is 19.5 Å². The van der Waals surface area contributed by atoms with Crippen LogP contribution >= 0.6 is 11.8 Å². The van der Waals surface area contributed by atoms with Crippen molar-refractivity contribution >= 4 is 29.5 Å². The van der Waals surface area contributed by atoms with Gasteiger partial charge in [0.1, 0.15) is 17.2 Å². The third-order valence-corrected chi connectivity index (χ3v) is 5.67. The van der Waals surface area contributed by atoms with Crippen LogP contribution in [-0.4, -0.2) is 51.5 Å². The summed E-state index contributed by atoms with van der Waals surface area (Å²) in [5, 5.41) is 13.5. The van der Waals surface area contributed by atoms with Gasteiger partial charge in [0.2, 0.25) is 5.91 Å². The van der Waals surface area contributed by atoms with E-state index in [0.717, 1.165) is 0 Å². The summed E-state index contributed by atoms with van der Waals surface area (Å²) in [5.41, 5.74) is 0. The van der Waals surface area contributed by atoms with Crippen LogP contribution in [0.4, 0.5) is 0 Å². The number of benzene rings is 1. The monoisotopic (exact) mass is 388 g/mol.